The Morgan fingerprint density at radius 2 is 2.24 bits per heavy atom. The molecule has 0 amide bonds. The van der Waals surface area contributed by atoms with Gasteiger partial charge in [0.1, 0.15) is 6.10 Å². The number of pyridine rings is 1. The van der Waals surface area contributed by atoms with Crippen LogP contribution in [0.2, 0.25) is 5.02 Å². The van der Waals surface area contributed by atoms with Crippen LogP contribution in [-0.4, -0.2) is 33.9 Å². The molecule has 0 bridgehead atoms. The lowest BCUT2D eigenvalue weighted by molar-refractivity contribution is -0.147. The van der Waals surface area contributed by atoms with Gasteiger partial charge in [-0.05, 0) is 19.1 Å². The monoisotopic (exact) mass is 259 g/mol. The van der Waals surface area contributed by atoms with Crippen molar-refractivity contribution in [2.45, 2.75) is 25.6 Å². The van der Waals surface area contributed by atoms with Gasteiger partial charge in [0.2, 0.25) is 0 Å². The summed E-state index contributed by atoms with van der Waals surface area (Å²) < 4.78 is 4.67. The van der Waals surface area contributed by atoms with Crippen LogP contribution >= 0.6 is 11.6 Å². The van der Waals surface area contributed by atoms with E-state index in [1.165, 1.54) is 12.3 Å². The van der Waals surface area contributed by atoms with Crippen molar-refractivity contribution in [2.75, 3.05) is 6.61 Å². The Balaban J connectivity index is 2.60. The summed E-state index contributed by atoms with van der Waals surface area (Å²) in [6.07, 6.45) is -1.41. The molecule has 0 aromatic carbocycles. The predicted octanol–water partition coefficient (Wildman–Crippen LogP) is 1.08. The summed E-state index contributed by atoms with van der Waals surface area (Å²) in [5.41, 5.74) is 0.256. The van der Waals surface area contributed by atoms with Gasteiger partial charge >= 0.3 is 5.97 Å². The van der Waals surface area contributed by atoms with Crippen LogP contribution in [0.25, 0.3) is 0 Å². The van der Waals surface area contributed by atoms with Gasteiger partial charge in [-0.2, -0.15) is 0 Å². The second-order valence-corrected chi connectivity index (χ2v) is 3.86. The van der Waals surface area contributed by atoms with Crippen molar-refractivity contribution in [1.29, 1.82) is 0 Å². The first-order valence-corrected chi connectivity index (χ1v) is 5.55. The molecular formula is C11H14ClNO4. The van der Waals surface area contributed by atoms with E-state index in [0.29, 0.717) is 5.02 Å². The normalized spacial score (nSPS) is 14.1. The van der Waals surface area contributed by atoms with Crippen LogP contribution < -0.4 is 0 Å². The molecule has 0 saturated carbocycles. The Morgan fingerprint density at radius 1 is 1.53 bits per heavy atom. The molecule has 2 atom stereocenters. The van der Waals surface area contributed by atoms with E-state index in [0.717, 1.165) is 0 Å². The number of hydrogen-bond donors (Lipinski definition) is 2. The summed E-state index contributed by atoms with van der Waals surface area (Å²) in [4.78, 5) is 15.0. The van der Waals surface area contributed by atoms with E-state index in [-0.39, 0.29) is 18.7 Å². The number of carbonyl (C=O) groups is 1. The topological polar surface area (TPSA) is 79.7 Å². The number of ether oxygens (including phenoxy) is 1. The predicted molar refractivity (Wildman–Crippen MR) is 61.5 cm³/mol. The molecule has 94 valence electrons. The van der Waals surface area contributed by atoms with Gasteiger partial charge in [-0.1, -0.05) is 11.6 Å². The number of carbonyl (C=O) groups excluding carboxylic acids is 1. The van der Waals surface area contributed by atoms with Crippen molar-refractivity contribution in [1.82, 2.24) is 4.98 Å². The largest absolute Gasteiger partial charge is 0.466 e. The standard InChI is InChI=1S/C11H14ClNO4/c1-2-17-10(15)5-9(14)11(16)8-4-3-7(12)6-13-8/h3-4,6,9,11,14,16H,2,5H2,1H3. The minimum atomic E-state index is -1.25. The van der Waals surface area contributed by atoms with E-state index in [1.807, 2.05) is 0 Å². The van der Waals surface area contributed by atoms with Crippen molar-refractivity contribution in [3.63, 3.8) is 0 Å². The number of esters is 1. The Bertz CT molecular complexity index is 368. The second-order valence-electron chi connectivity index (χ2n) is 3.42. The third-order valence-corrected chi connectivity index (χ3v) is 2.32. The minimum Gasteiger partial charge on any atom is -0.466 e. The van der Waals surface area contributed by atoms with E-state index in [9.17, 15) is 15.0 Å². The summed E-state index contributed by atoms with van der Waals surface area (Å²) >= 11 is 5.64. The highest BCUT2D eigenvalue weighted by Gasteiger charge is 2.22. The lowest BCUT2D eigenvalue weighted by Gasteiger charge is -2.16. The van der Waals surface area contributed by atoms with Gasteiger partial charge in [-0.15, -0.1) is 0 Å². The minimum absolute atomic E-state index is 0.237. The highest BCUT2D eigenvalue weighted by atomic mass is 35.5. The van der Waals surface area contributed by atoms with E-state index < -0.39 is 18.2 Å². The fraction of sp³-hybridized carbons (Fsp3) is 0.455. The molecule has 0 aliphatic heterocycles. The molecule has 0 aliphatic rings. The van der Waals surface area contributed by atoms with Gasteiger partial charge in [-0.25, -0.2) is 0 Å². The van der Waals surface area contributed by atoms with Crippen LogP contribution in [0.3, 0.4) is 0 Å². The SMILES string of the molecule is CCOC(=O)CC(O)C(O)c1ccc(Cl)cn1. The smallest absolute Gasteiger partial charge is 0.308 e. The summed E-state index contributed by atoms with van der Waals surface area (Å²) in [6, 6.07) is 3.03. The van der Waals surface area contributed by atoms with Crippen molar-refractivity contribution in [2.24, 2.45) is 0 Å². The van der Waals surface area contributed by atoms with Gasteiger partial charge < -0.3 is 14.9 Å². The molecular weight excluding hydrogens is 246 g/mol. The molecule has 1 heterocycles. The van der Waals surface area contributed by atoms with Crippen LogP contribution in [0.15, 0.2) is 18.3 Å². The third-order valence-electron chi connectivity index (χ3n) is 2.10. The molecule has 0 saturated heterocycles. The summed E-state index contributed by atoms with van der Waals surface area (Å²) in [7, 11) is 0. The van der Waals surface area contributed by atoms with Crippen LogP contribution in [0, 0.1) is 0 Å². The lowest BCUT2D eigenvalue weighted by atomic mass is 10.1. The summed E-state index contributed by atoms with van der Waals surface area (Å²) in [5, 5.41) is 19.8. The lowest BCUT2D eigenvalue weighted by Crippen LogP contribution is -2.23. The third kappa shape index (κ3) is 4.30. The molecule has 2 N–H and O–H groups in total. The average Bonchev–Trinajstić information content (AvgIpc) is 2.29. The van der Waals surface area contributed by atoms with Gasteiger partial charge in [0.15, 0.2) is 0 Å². The Morgan fingerprint density at radius 3 is 2.76 bits per heavy atom. The maximum Gasteiger partial charge on any atom is 0.308 e. The number of rotatable bonds is 5. The van der Waals surface area contributed by atoms with Gasteiger partial charge in [-0.3, -0.25) is 9.78 Å². The van der Waals surface area contributed by atoms with Crippen molar-refractivity contribution >= 4 is 17.6 Å². The first-order valence-electron chi connectivity index (χ1n) is 5.17. The van der Waals surface area contributed by atoms with Crippen LogP contribution in [0.1, 0.15) is 25.1 Å². The molecule has 0 radical (unpaired) electrons. The van der Waals surface area contributed by atoms with Crippen molar-refractivity contribution in [3.8, 4) is 0 Å². The number of aliphatic hydroxyl groups excluding tert-OH is 2. The quantitative estimate of drug-likeness (QED) is 0.774. The van der Waals surface area contributed by atoms with Crippen molar-refractivity contribution < 1.29 is 19.7 Å². The molecule has 5 nitrogen and oxygen atoms in total. The first kappa shape index (κ1) is 13.9. The fourth-order valence-electron chi connectivity index (χ4n) is 1.26. The maximum absolute atomic E-state index is 11.1. The number of hydrogen-bond acceptors (Lipinski definition) is 5. The van der Waals surface area contributed by atoms with Crippen LogP contribution in [-0.2, 0) is 9.53 Å². The molecule has 6 heteroatoms. The number of aliphatic hydroxyl groups is 2. The Hall–Kier alpha value is -1.17. The molecule has 0 spiro atoms. The molecule has 0 fully saturated rings. The average molecular weight is 260 g/mol. The summed E-state index contributed by atoms with van der Waals surface area (Å²) in [6.45, 7) is 1.91. The highest BCUT2D eigenvalue weighted by Crippen LogP contribution is 2.18. The zero-order valence-corrected chi connectivity index (χ0v) is 10.1. The maximum atomic E-state index is 11.1. The molecule has 1 aromatic heterocycles. The molecule has 1 aromatic rings. The van der Waals surface area contributed by atoms with Crippen LogP contribution in [0.5, 0.6) is 0 Å². The van der Waals surface area contributed by atoms with Gasteiger partial charge in [0.05, 0.1) is 29.8 Å². The van der Waals surface area contributed by atoms with Gasteiger partial charge in [0, 0.05) is 6.20 Å². The van der Waals surface area contributed by atoms with E-state index >= 15 is 0 Å². The second kappa shape index (κ2) is 6.54. The number of halogens is 1. The van der Waals surface area contributed by atoms with Gasteiger partial charge in [0.25, 0.3) is 0 Å². The van der Waals surface area contributed by atoms with Crippen molar-refractivity contribution in [3.05, 3.63) is 29.0 Å². The summed E-state index contributed by atoms with van der Waals surface area (Å²) in [5.74, 6) is -0.562. The molecule has 2 unspecified atom stereocenters. The van der Waals surface area contributed by atoms with E-state index in [4.69, 9.17) is 11.6 Å². The molecule has 17 heavy (non-hydrogen) atoms. The fourth-order valence-corrected chi connectivity index (χ4v) is 1.37. The first-order chi connectivity index (χ1) is 8.04. The Kier molecular flexibility index (Phi) is 5.34. The highest BCUT2D eigenvalue weighted by molar-refractivity contribution is 6.30. The zero-order valence-electron chi connectivity index (χ0n) is 9.34. The zero-order chi connectivity index (χ0) is 12.8. The van der Waals surface area contributed by atoms with E-state index in [1.54, 1.807) is 13.0 Å². The molecule has 0 aliphatic carbocycles. The van der Waals surface area contributed by atoms with E-state index in [2.05, 4.69) is 9.72 Å². The Labute approximate surface area is 104 Å². The number of nitrogens with zero attached hydrogens (tertiary/aromatic N) is 1. The molecule has 1 rings (SSSR count). The van der Waals surface area contributed by atoms with Crippen LogP contribution in [0.4, 0.5) is 0 Å². The number of aromatic nitrogens is 1.